The molecule has 0 amide bonds. The van der Waals surface area contributed by atoms with Crippen molar-refractivity contribution < 1.29 is 4.92 Å². The molecule has 0 unspecified atom stereocenters. The van der Waals surface area contributed by atoms with Gasteiger partial charge in [0.2, 0.25) is 0 Å². The zero-order valence-corrected chi connectivity index (χ0v) is 9.67. The van der Waals surface area contributed by atoms with Gasteiger partial charge in [0.1, 0.15) is 5.69 Å². The molecule has 0 aliphatic heterocycles. The van der Waals surface area contributed by atoms with Gasteiger partial charge in [-0.3, -0.25) is 10.1 Å². The Bertz CT molecular complexity index is 555. The molecular formula is C13H13N3O2. The van der Waals surface area contributed by atoms with Crippen LogP contribution in [0.15, 0.2) is 48.5 Å². The number of nitrogens with one attached hydrogen (secondary N) is 1. The van der Waals surface area contributed by atoms with Crippen LogP contribution in [-0.4, -0.2) is 4.92 Å². The number of nitro groups is 1. The second kappa shape index (κ2) is 5.18. The van der Waals surface area contributed by atoms with E-state index in [-0.39, 0.29) is 5.69 Å². The molecule has 5 nitrogen and oxygen atoms in total. The van der Waals surface area contributed by atoms with Gasteiger partial charge in [0, 0.05) is 18.3 Å². The molecule has 0 aromatic heterocycles. The lowest BCUT2D eigenvalue weighted by Crippen LogP contribution is -2.03. The molecule has 18 heavy (non-hydrogen) atoms. The predicted octanol–water partition coefficient (Wildman–Crippen LogP) is 2.79. The Kier molecular flexibility index (Phi) is 3.43. The Morgan fingerprint density at radius 3 is 2.56 bits per heavy atom. The van der Waals surface area contributed by atoms with E-state index >= 15 is 0 Å². The van der Waals surface area contributed by atoms with Gasteiger partial charge < -0.3 is 11.1 Å². The maximum atomic E-state index is 10.9. The van der Waals surface area contributed by atoms with E-state index in [0.717, 1.165) is 5.56 Å². The van der Waals surface area contributed by atoms with Crippen LogP contribution in [-0.2, 0) is 6.54 Å². The van der Waals surface area contributed by atoms with Crippen molar-refractivity contribution in [1.82, 2.24) is 0 Å². The third kappa shape index (κ3) is 2.76. The van der Waals surface area contributed by atoms with Crippen molar-refractivity contribution in [1.29, 1.82) is 0 Å². The number of nitrogen functional groups attached to an aromatic ring is 1. The van der Waals surface area contributed by atoms with Crippen LogP contribution in [0.25, 0.3) is 0 Å². The number of nitrogens with zero attached hydrogens (tertiary/aromatic N) is 1. The molecule has 0 atom stereocenters. The SMILES string of the molecule is Nc1ccc([N+](=O)[O-])c(NCc2ccccc2)c1. The number of nitrogens with two attached hydrogens (primary N) is 1. The molecule has 3 N–H and O–H groups in total. The van der Waals surface area contributed by atoms with Crippen LogP contribution < -0.4 is 11.1 Å². The Balaban J connectivity index is 2.18. The molecule has 5 heteroatoms. The minimum absolute atomic E-state index is 0.0279. The highest BCUT2D eigenvalue weighted by atomic mass is 16.6. The first-order valence-corrected chi connectivity index (χ1v) is 5.48. The van der Waals surface area contributed by atoms with E-state index in [0.29, 0.717) is 17.9 Å². The smallest absolute Gasteiger partial charge is 0.292 e. The molecule has 0 bridgehead atoms. The maximum Gasteiger partial charge on any atom is 0.292 e. The minimum atomic E-state index is -0.424. The predicted molar refractivity (Wildman–Crippen MR) is 71.3 cm³/mol. The summed E-state index contributed by atoms with van der Waals surface area (Å²) in [5.74, 6) is 0. The van der Waals surface area contributed by atoms with Crippen molar-refractivity contribution in [3.05, 3.63) is 64.2 Å². The third-order valence-electron chi connectivity index (χ3n) is 2.54. The number of hydrogen-bond donors (Lipinski definition) is 2. The van der Waals surface area contributed by atoms with E-state index in [2.05, 4.69) is 5.32 Å². The fourth-order valence-corrected chi connectivity index (χ4v) is 1.65. The Labute approximate surface area is 104 Å². The van der Waals surface area contributed by atoms with E-state index in [4.69, 9.17) is 5.73 Å². The number of nitro benzene ring substituents is 1. The van der Waals surface area contributed by atoms with Crippen LogP contribution in [0.1, 0.15) is 5.56 Å². The first-order chi connectivity index (χ1) is 8.66. The lowest BCUT2D eigenvalue weighted by atomic mass is 10.2. The highest BCUT2D eigenvalue weighted by Gasteiger charge is 2.12. The summed E-state index contributed by atoms with van der Waals surface area (Å²) in [6, 6.07) is 14.2. The summed E-state index contributed by atoms with van der Waals surface area (Å²) in [7, 11) is 0. The van der Waals surface area contributed by atoms with E-state index in [1.54, 1.807) is 6.07 Å². The number of anilines is 2. The first kappa shape index (κ1) is 11.9. The average molecular weight is 243 g/mol. The second-order valence-corrected chi connectivity index (χ2v) is 3.87. The lowest BCUT2D eigenvalue weighted by Gasteiger charge is -2.07. The monoisotopic (exact) mass is 243 g/mol. The van der Waals surface area contributed by atoms with Crippen LogP contribution in [0.2, 0.25) is 0 Å². The average Bonchev–Trinajstić information content (AvgIpc) is 2.37. The van der Waals surface area contributed by atoms with E-state index in [1.807, 2.05) is 30.3 Å². The van der Waals surface area contributed by atoms with Crippen molar-refractivity contribution in [2.24, 2.45) is 0 Å². The quantitative estimate of drug-likeness (QED) is 0.491. The molecule has 0 aliphatic rings. The summed E-state index contributed by atoms with van der Waals surface area (Å²) in [6.07, 6.45) is 0. The molecule has 0 saturated carbocycles. The van der Waals surface area contributed by atoms with Gasteiger partial charge >= 0.3 is 0 Å². The van der Waals surface area contributed by atoms with Gasteiger partial charge in [0.15, 0.2) is 0 Å². The van der Waals surface area contributed by atoms with Gasteiger partial charge in [0.05, 0.1) is 4.92 Å². The van der Waals surface area contributed by atoms with Gasteiger partial charge in [-0.05, 0) is 17.7 Å². The maximum absolute atomic E-state index is 10.9. The van der Waals surface area contributed by atoms with Crippen LogP contribution in [0.4, 0.5) is 17.1 Å². The number of benzene rings is 2. The Hall–Kier alpha value is -2.56. The Morgan fingerprint density at radius 2 is 1.89 bits per heavy atom. The summed E-state index contributed by atoms with van der Waals surface area (Å²) in [4.78, 5) is 10.4. The largest absolute Gasteiger partial charge is 0.399 e. The summed E-state index contributed by atoms with van der Waals surface area (Å²) < 4.78 is 0. The van der Waals surface area contributed by atoms with E-state index in [1.165, 1.54) is 12.1 Å². The normalized spacial score (nSPS) is 10.0. The van der Waals surface area contributed by atoms with Crippen LogP contribution in [0, 0.1) is 10.1 Å². The summed E-state index contributed by atoms with van der Waals surface area (Å²) in [5.41, 5.74) is 7.64. The second-order valence-electron chi connectivity index (χ2n) is 3.87. The fourth-order valence-electron chi connectivity index (χ4n) is 1.65. The van der Waals surface area contributed by atoms with Crippen molar-refractivity contribution in [3.63, 3.8) is 0 Å². The molecule has 0 aliphatic carbocycles. The molecule has 0 heterocycles. The summed E-state index contributed by atoms with van der Waals surface area (Å²) in [6.45, 7) is 0.519. The van der Waals surface area contributed by atoms with Gasteiger partial charge in [0.25, 0.3) is 5.69 Å². The van der Waals surface area contributed by atoms with E-state index in [9.17, 15) is 10.1 Å². The number of hydrogen-bond acceptors (Lipinski definition) is 4. The van der Waals surface area contributed by atoms with Gasteiger partial charge in [-0.2, -0.15) is 0 Å². The molecule has 0 saturated heterocycles. The van der Waals surface area contributed by atoms with Crippen molar-refractivity contribution >= 4 is 17.1 Å². The van der Waals surface area contributed by atoms with Crippen LogP contribution in [0.3, 0.4) is 0 Å². The summed E-state index contributed by atoms with van der Waals surface area (Å²) >= 11 is 0. The molecule has 2 aromatic rings. The molecule has 2 aromatic carbocycles. The molecule has 0 spiro atoms. The molecule has 0 radical (unpaired) electrons. The van der Waals surface area contributed by atoms with Crippen LogP contribution >= 0.6 is 0 Å². The fraction of sp³-hybridized carbons (Fsp3) is 0.0769. The third-order valence-corrected chi connectivity index (χ3v) is 2.54. The van der Waals surface area contributed by atoms with Gasteiger partial charge in [-0.25, -0.2) is 0 Å². The summed E-state index contributed by atoms with van der Waals surface area (Å²) in [5, 5.41) is 13.9. The standard InChI is InChI=1S/C13H13N3O2/c14-11-6-7-13(16(17)18)12(8-11)15-9-10-4-2-1-3-5-10/h1-8,15H,9,14H2. The van der Waals surface area contributed by atoms with Crippen molar-refractivity contribution in [3.8, 4) is 0 Å². The number of rotatable bonds is 4. The minimum Gasteiger partial charge on any atom is -0.399 e. The molecule has 92 valence electrons. The first-order valence-electron chi connectivity index (χ1n) is 5.48. The van der Waals surface area contributed by atoms with Crippen LogP contribution in [0.5, 0.6) is 0 Å². The molecular weight excluding hydrogens is 230 g/mol. The van der Waals surface area contributed by atoms with E-state index < -0.39 is 4.92 Å². The highest BCUT2D eigenvalue weighted by molar-refractivity contribution is 5.67. The zero-order valence-electron chi connectivity index (χ0n) is 9.67. The zero-order chi connectivity index (χ0) is 13.0. The lowest BCUT2D eigenvalue weighted by molar-refractivity contribution is -0.383. The topological polar surface area (TPSA) is 81.2 Å². The van der Waals surface area contributed by atoms with Crippen molar-refractivity contribution in [2.45, 2.75) is 6.54 Å². The molecule has 2 rings (SSSR count). The highest BCUT2D eigenvalue weighted by Crippen LogP contribution is 2.26. The van der Waals surface area contributed by atoms with Gasteiger partial charge in [-0.15, -0.1) is 0 Å². The van der Waals surface area contributed by atoms with Gasteiger partial charge in [-0.1, -0.05) is 30.3 Å². The van der Waals surface area contributed by atoms with Crippen molar-refractivity contribution in [2.75, 3.05) is 11.1 Å². The Morgan fingerprint density at radius 1 is 1.17 bits per heavy atom. The molecule has 0 fully saturated rings.